The van der Waals surface area contributed by atoms with Crippen LogP contribution >= 0.6 is 23.2 Å². The quantitative estimate of drug-likeness (QED) is 0.182. The van der Waals surface area contributed by atoms with Crippen LogP contribution in [0.25, 0.3) is 11.3 Å². The van der Waals surface area contributed by atoms with E-state index in [1.807, 2.05) is 0 Å². The maximum atomic E-state index is 11.9. The van der Waals surface area contributed by atoms with Crippen molar-refractivity contribution in [3.8, 4) is 17.1 Å². The Labute approximate surface area is 193 Å². The third kappa shape index (κ3) is 6.09. The van der Waals surface area contributed by atoms with Gasteiger partial charge in [0, 0.05) is 28.6 Å². The number of carbonyl (C=O) groups is 1. The molecule has 0 saturated heterocycles. The highest BCUT2D eigenvalue weighted by Gasteiger charge is 2.16. The number of nitro benzene ring substituents is 1. The van der Waals surface area contributed by atoms with Gasteiger partial charge in [0.25, 0.3) is 5.69 Å². The lowest BCUT2D eigenvalue weighted by Crippen LogP contribution is -2.18. The van der Waals surface area contributed by atoms with E-state index in [9.17, 15) is 14.9 Å². The first-order chi connectivity index (χ1) is 15.3. The van der Waals surface area contributed by atoms with E-state index in [0.717, 1.165) is 0 Å². The smallest absolute Gasteiger partial charge is 0.273 e. The predicted molar refractivity (Wildman–Crippen MR) is 122 cm³/mol. The molecule has 0 atom stereocenters. The fraction of sp³-hybridized carbons (Fsp3) is 0.182. The summed E-state index contributed by atoms with van der Waals surface area (Å²) < 4.78 is 11.2. The van der Waals surface area contributed by atoms with E-state index in [2.05, 4.69) is 10.5 Å². The topological polar surface area (TPSA) is 107 Å². The summed E-state index contributed by atoms with van der Waals surface area (Å²) in [6, 6.07) is 13.0. The summed E-state index contributed by atoms with van der Waals surface area (Å²) in [7, 11) is 0. The maximum Gasteiger partial charge on any atom is 0.273 e. The standard InChI is InChI=1S/C22H19Cl2N3O5/c1-14-17(4-2-5-19(14)27(29)30)20-10-8-16(32-20)13-25-26-22(28)6-3-11-31-21-9-7-15(23)12-18(21)24/h2,4-5,7-10,12-13H,3,6,11H2,1H3,(H,26,28)/b25-13-. The number of ether oxygens (including phenoxy) is 1. The summed E-state index contributed by atoms with van der Waals surface area (Å²) in [6.07, 6.45) is 2.04. The number of nitrogens with one attached hydrogen (secondary N) is 1. The Morgan fingerprint density at radius 3 is 2.81 bits per heavy atom. The molecule has 1 heterocycles. The third-order valence-corrected chi connectivity index (χ3v) is 5.01. The van der Waals surface area contributed by atoms with Gasteiger partial charge in [-0.1, -0.05) is 35.3 Å². The molecule has 8 nitrogen and oxygen atoms in total. The van der Waals surface area contributed by atoms with Gasteiger partial charge >= 0.3 is 0 Å². The lowest BCUT2D eigenvalue weighted by Gasteiger charge is -2.07. The van der Waals surface area contributed by atoms with Crippen LogP contribution in [0, 0.1) is 17.0 Å². The molecule has 10 heteroatoms. The number of nitrogens with zero attached hydrogens (tertiary/aromatic N) is 2. The Morgan fingerprint density at radius 2 is 2.06 bits per heavy atom. The second-order valence-corrected chi connectivity index (χ2v) is 7.57. The van der Waals surface area contributed by atoms with E-state index < -0.39 is 4.92 Å². The van der Waals surface area contributed by atoms with Crippen molar-refractivity contribution >= 4 is 41.0 Å². The fourth-order valence-electron chi connectivity index (χ4n) is 2.89. The van der Waals surface area contributed by atoms with Gasteiger partial charge in [-0.05, 0) is 43.7 Å². The van der Waals surface area contributed by atoms with Gasteiger partial charge < -0.3 is 9.15 Å². The molecule has 32 heavy (non-hydrogen) atoms. The molecule has 3 aromatic rings. The minimum absolute atomic E-state index is 0.0173. The minimum atomic E-state index is -0.436. The third-order valence-electron chi connectivity index (χ3n) is 4.47. The Hall–Kier alpha value is -3.36. The van der Waals surface area contributed by atoms with E-state index in [0.29, 0.717) is 51.5 Å². The Morgan fingerprint density at radius 1 is 1.25 bits per heavy atom. The molecule has 0 aliphatic rings. The molecule has 0 radical (unpaired) electrons. The second-order valence-electron chi connectivity index (χ2n) is 6.73. The number of furan rings is 1. The van der Waals surface area contributed by atoms with Gasteiger partial charge in [-0.15, -0.1) is 0 Å². The summed E-state index contributed by atoms with van der Waals surface area (Å²) in [6.45, 7) is 1.97. The highest BCUT2D eigenvalue weighted by Crippen LogP contribution is 2.31. The van der Waals surface area contributed by atoms with Gasteiger partial charge in [0.15, 0.2) is 0 Å². The zero-order chi connectivity index (χ0) is 23.1. The van der Waals surface area contributed by atoms with Crippen LogP contribution in [-0.4, -0.2) is 23.7 Å². The number of amides is 1. The van der Waals surface area contributed by atoms with Crippen molar-refractivity contribution in [3.63, 3.8) is 0 Å². The van der Waals surface area contributed by atoms with E-state index >= 15 is 0 Å². The van der Waals surface area contributed by atoms with Crippen LogP contribution in [0.2, 0.25) is 10.0 Å². The Bertz CT molecular complexity index is 1160. The molecule has 0 aliphatic carbocycles. The highest BCUT2D eigenvalue weighted by atomic mass is 35.5. The molecular weight excluding hydrogens is 457 g/mol. The van der Waals surface area contributed by atoms with Gasteiger partial charge in [0.1, 0.15) is 17.3 Å². The lowest BCUT2D eigenvalue weighted by atomic mass is 10.1. The molecule has 2 aromatic carbocycles. The number of hydrazone groups is 1. The summed E-state index contributed by atoms with van der Waals surface area (Å²) in [4.78, 5) is 22.6. The normalized spacial score (nSPS) is 11.0. The van der Waals surface area contributed by atoms with Gasteiger partial charge in [0.05, 0.1) is 22.8 Å². The number of rotatable bonds is 9. The average Bonchev–Trinajstić information content (AvgIpc) is 3.21. The number of benzene rings is 2. The highest BCUT2D eigenvalue weighted by molar-refractivity contribution is 6.35. The zero-order valence-corrected chi connectivity index (χ0v) is 18.5. The molecule has 0 spiro atoms. The molecule has 1 amide bonds. The maximum absolute atomic E-state index is 11.9. The van der Waals surface area contributed by atoms with Crippen molar-refractivity contribution in [2.24, 2.45) is 5.10 Å². The number of hydrogen-bond donors (Lipinski definition) is 1. The van der Waals surface area contributed by atoms with Gasteiger partial charge in [-0.3, -0.25) is 14.9 Å². The molecule has 1 aromatic heterocycles. The van der Waals surface area contributed by atoms with Crippen molar-refractivity contribution in [2.75, 3.05) is 6.61 Å². The molecule has 3 rings (SSSR count). The molecule has 0 aliphatic heterocycles. The molecule has 1 N–H and O–H groups in total. The van der Waals surface area contributed by atoms with E-state index in [-0.39, 0.29) is 18.0 Å². The molecule has 0 fully saturated rings. The van der Waals surface area contributed by atoms with Crippen LogP contribution in [0.3, 0.4) is 0 Å². The molecule has 0 saturated carbocycles. The van der Waals surface area contributed by atoms with Gasteiger partial charge in [0.2, 0.25) is 5.91 Å². The molecule has 166 valence electrons. The van der Waals surface area contributed by atoms with Crippen LogP contribution in [0.15, 0.2) is 58.0 Å². The van der Waals surface area contributed by atoms with Crippen molar-refractivity contribution in [3.05, 3.63) is 80.0 Å². The number of nitro groups is 1. The largest absolute Gasteiger partial charge is 0.492 e. The van der Waals surface area contributed by atoms with Crippen molar-refractivity contribution in [1.29, 1.82) is 0 Å². The summed E-state index contributed by atoms with van der Waals surface area (Å²) in [5.74, 6) is 1.08. The van der Waals surface area contributed by atoms with Gasteiger partial charge in [-0.25, -0.2) is 5.43 Å². The number of carbonyl (C=O) groups excluding carboxylic acids is 1. The Kier molecular flexibility index (Phi) is 7.86. The second kappa shape index (κ2) is 10.8. The number of halogens is 2. The fourth-order valence-corrected chi connectivity index (χ4v) is 3.35. The van der Waals surface area contributed by atoms with Crippen molar-refractivity contribution in [2.45, 2.75) is 19.8 Å². The zero-order valence-electron chi connectivity index (χ0n) is 17.0. The minimum Gasteiger partial charge on any atom is -0.492 e. The van der Waals surface area contributed by atoms with Crippen LogP contribution < -0.4 is 10.2 Å². The lowest BCUT2D eigenvalue weighted by molar-refractivity contribution is -0.385. The van der Waals surface area contributed by atoms with Crippen molar-refractivity contribution < 1.29 is 18.9 Å². The Balaban J connectivity index is 1.47. The van der Waals surface area contributed by atoms with Crippen LogP contribution in [0.1, 0.15) is 24.2 Å². The van der Waals surface area contributed by atoms with Crippen molar-refractivity contribution in [1.82, 2.24) is 5.43 Å². The first-order valence-electron chi connectivity index (χ1n) is 9.59. The van der Waals surface area contributed by atoms with Gasteiger partial charge in [-0.2, -0.15) is 5.10 Å². The summed E-state index contributed by atoms with van der Waals surface area (Å²) in [5.41, 5.74) is 3.55. The van der Waals surface area contributed by atoms with Crippen LogP contribution in [0.5, 0.6) is 5.75 Å². The van der Waals surface area contributed by atoms with E-state index in [4.69, 9.17) is 32.4 Å². The van der Waals surface area contributed by atoms with E-state index in [1.54, 1.807) is 49.4 Å². The molecule has 0 bridgehead atoms. The predicted octanol–water partition coefficient (Wildman–Crippen LogP) is 5.78. The summed E-state index contributed by atoms with van der Waals surface area (Å²) in [5, 5.41) is 15.9. The SMILES string of the molecule is Cc1c(-c2ccc(/C=N\NC(=O)CCCOc3ccc(Cl)cc3Cl)o2)cccc1[N+](=O)[O-]. The number of hydrogen-bond acceptors (Lipinski definition) is 6. The monoisotopic (exact) mass is 475 g/mol. The summed E-state index contributed by atoms with van der Waals surface area (Å²) >= 11 is 11.9. The first kappa shape index (κ1) is 23.3. The molecule has 0 unspecified atom stereocenters. The van der Waals surface area contributed by atoms with Crippen LogP contribution in [-0.2, 0) is 4.79 Å². The van der Waals surface area contributed by atoms with E-state index in [1.165, 1.54) is 12.3 Å². The van der Waals surface area contributed by atoms with Crippen LogP contribution in [0.4, 0.5) is 5.69 Å². The first-order valence-corrected chi connectivity index (χ1v) is 10.3. The average molecular weight is 476 g/mol. The molecular formula is C22H19Cl2N3O5.